The second kappa shape index (κ2) is 6.71. The van der Waals surface area contributed by atoms with E-state index >= 15 is 0 Å². The van der Waals surface area contributed by atoms with Crippen molar-refractivity contribution in [3.63, 3.8) is 0 Å². The topological polar surface area (TPSA) is 123 Å². The number of carbonyl (C=O) groups is 2. The van der Waals surface area contributed by atoms with E-state index in [0.717, 1.165) is 0 Å². The maximum Gasteiger partial charge on any atom is 0.271 e. The smallest absolute Gasteiger partial charge is 0.271 e. The van der Waals surface area contributed by atoms with Gasteiger partial charge in [0.15, 0.2) is 5.76 Å². The van der Waals surface area contributed by atoms with E-state index in [4.69, 9.17) is 8.94 Å². The lowest BCUT2D eigenvalue weighted by atomic mass is 10.1. The lowest BCUT2D eigenvalue weighted by Crippen LogP contribution is -2.41. The molecule has 0 saturated heterocycles. The summed E-state index contributed by atoms with van der Waals surface area (Å²) >= 11 is 0. The fourth-order valence-electron chi connectivity index (χ4n) is 2.57. The fourth-order valence-corrected chi connectivity index (χ4v) is 2.57. The molecule has 2 amide bonds. The van der Waals surface area contributed by atoms with Crippen LogP contribution in [0, 0.1) is 6.92 Å². The van der Waals surface area contributed by atoms with Crippen LogP contribution in [0.2, 0.25) is 0 Å². The van der Waals surface area contributed by atoms with Gasteiger partial charge < -0.3 is 8.94 Å². The van der Waals surface area contributed by atoms with E-state index in [1.807, 2.05) is 0 Å². The number of hydrogen-bond acceptors (Lipinski definition) is 7. The zero-order valence-electron chi connectivity index (χ0n) is 14.1. The normalized spacial score (nSPS) is 10.7. The molecule has 134 valence electrons. The second-order valence-corrected chi connectivity index (χ2v) is 5.63. The third kappa shape index (κ3) is 3.13. The van der Waals surface area contributed by atoms with Gasteiger partial charge in [-0.25, -0.2) is 4.98 Å². The van der Waals surface area contributed by atoms with E-state index in [0.29, 0.717) is 28.1 Å². The summed E-state index contributed by atoms with van der Waals surface area (Å²) in [6.07, 6.45) is 4.44. The van der Waals surface area contributed by atoms with Crippen molar-refractivity contribution in [1.82, 2.24) is 26.0 Å². The molecule has 0 radical (unpaired) electrons. The summed E-state index contributed by atoms with van der Waals surface area (Å²) in [5, 5.41) is 4.32. The number of furan rings is 1. The molecule has 4 heterocycles. The van der Waals surface area contributed by atoms with Gasteiger partial charge in [-0.2, -0.15) is 0 Å². The lowest BCUT2D eigenvalue weighted by molar-refractivity contribution is 0.0847. The second-order valence-electron chi connectivity index (χ2n) is 5.63. The molecule has 0 aliphatic heterocycles. The van der Waals surface area contributed by atoms with Crippen LogP contribution in [0.3, 0.4) is 0 Å². The van der Waals surface area contributed by atoms with Gasteiger partial charge >= 0.3 is 0 Å². The molecule has 0 aliphatic carbocycles. The molecule has 0 aromatic carbocycles. The predicted molar refractivity (Wildman–Crippen MR) is 93.4 cm³/mol. The van der Waals surface area contributed by atoms with Gasteiger partial charge in [-0.15, -0.1) is 0 Å². The summed E-state index contributed by atoms with van der Waals surface area (Å²) in [4.78, 5) is 33.0. The van der Waals surface area contributed by atoms with Crippen molar-refractivity contribution in [3.8, 4) is 11.5 Å². The molecule has 0 aliphatic rings. The zero-order chi connectivity index (χ0) is 18.8. The molecule has 4 aromatic rings. The largest absolute Gasteiger partial charge is 0.463 e. The maximum atomic E-state index is 12.7. The highest BCUT2D eigenvalue weighted by Gasteiger charge is 2.20. The first-order chi connectivity index (χ1) is 13.1. The molecule has 4 aromatic heterocycles. The molecule has 9 nitrogen and oxygen atoms in total. The van der Waals surface area contributed by atoms with E-state index in [9.17, 15) is 9.59 Å². The fraction of sp³-hybridized carbons (Fsp3) is 0.0556. The van der Waals surface area contributed by atoms with Crippen LogP contribution in [0.1, 0.15) is 26.4 Å². The van der Waals surface area contributed by atoms with Gasteiger partial charge in [-0.3, -0.25) is 25.4 Å². The van der Waals surface area contributed by atoms with Gasteiger partial charge in [0.1, 0.15) is 5.69 Å². The average Bonchev–Trinajstić information content (AvgIpc) is 3.36. The average molecular weight is 363 g/mol. The van der Waals surface area contributed by atoms with Crippen LogP contribution in [0.25, 0.3) is 22.6 Å². The molecule has 2 N–H and O–H groups in total. The molecule has 0 fully saturated rings. The number of hydrazine groups is 1. The molecule has 4 rings (SSSR count). The van der Waals surface area contributed by atoms with Crippen molar-refractivity contribution < 1.29 is 18.5 Å². The summed E-state index contributed by atoms with van der Waals surface area (Å²) in [7, 11) is 0. The first-order valence-corrected chi connectivity index (χ1v) is 7.95. The minimum Gasteiger partial charge on any atom is -0.463 e. The standard InChI is InChI=1S/C18H13N5O4/c1-10-15-12(17(25)22-21-16(24)11-4-2-6-19-9-11)8-13(14-5-3-7-26-14)20-18(15)27-23-10/h2-9H,1H3,(H,21,24)(H,22,25). The molecule has 9 heteroatoms. The Morgan fingerprint density at radius 2 is 1.96 bits per heavy atom. The predicted octanol–water partition coefficient (Wildman–Crippen LogP) is 2.26. The number of aryl methyl sites for hydroxylation is 1. The van der Waals surface area contributed by atoms with E-state index in [1.54, 1.807) is 43.5 Å². The number of pyridine rings is 2. The Hall–Kier alpha value is -4.01. The molecule has 0 unspecified atom stereocenters. The van der Waals surface area contributed by atoms with Crippen LogP contribution >= 0.6 is 0 Å². The van der Waals surface area contributed by atoms with Crippen LogP contribution in [0.4, 0.5) is 0 Å². The molecule has 0 spiro atoms. The Morgan fingerprint density at radius 3 is 2.70 bits per heavy atom. The number of amides is 2. The van der Waals surface area contributed by atoms with Crippen LogP contribution in [0.15, 0.2) is 57.9 Å². The van der Waals surface area contributed by atoms with Gasteiger partial charge in [0.2, 0.25) is 0 Å². The first kappa shape index (κ1) is 16.5. The highest BCUT2D eigenvalue weighted by Crippen LogP contribution is 2.27. The van der Waals surface area contributed by atoms with Gasteiger partial charge in [-0.05, 0) is 37.3 Å². The molecular formula is C18H13N5O4. The summed E-state index contributed by atoms with van der Waals surface area (Å²) in [6, 6.07) is 8.18. The third-order valence-corrected chi connectivity index (χ3v) is 3.85. The summed E-state index contributed by atoms with van der Waals surface area (Å²) < 4.78 is 10.5. The minimum absolute atomic E-state index is 0.199. The van der Waals surface area contributed by atoms with Crippen molar-refractivity contribution in [2.75, 3.05) is 0 Å². The number of hydrogen-bond donors (Lipinski definition) is 2. The highest BCUT2D eigenvalue weighted by molar-refractivity contribution is 6.07. The van der Waals surface area contributed by atoms with Crippen LogP contribution < -0.4 is 10.9 Å². The van der Waals surface area contributed by atoms with Gasteiger partial charge in [0.05, 0.1) is 28.5 Å². The van der Waals surface area contributed by atoms with Crippen LogP contribution in [-0.4, -0.2) is 26.9 Å². The van der Waals surface area contributed by atoms with Gasteiger partial charge in [0, 0.05) is 12.4 Å². The van der Waals surface area contributed by atoms with Crippen LogP contribution in [-0.2, 0) is 0 Å². The number of aromatic nitrogens is 3. The highest BCUT2D eigenvalue weighted by atomic mass is 16.5. The van der Waals surface area contributed by atoms with Crippen molar-refractivity contribution >= 4 is 22.9 Å². The molecule has 0 saturated carbocycles. The van der Waals surface area contributed by atoms with E-state index < -0.39 is 11.8 Å². The number of fused-ring (bicyclic) bond motifs is 1. The maximum absolute atomic E-state index is 12.7. The minimum atomic E-state index is -0.543. The van der Waals surface area contributed by atoms with Crippen molar-refractivity contribution in [2.24, 2.45) is 0 Å². The number of carbonyl (C=O) groups excluding carboxylic acids is 2. The SMILES string of the molecule is Cc1noc2nc(-c3ccco3)cc(C(=O)NNC(=O)c3cccnc3)c12. The first-order valence-electron chi connectivity index (χ1n) is 7.95. The van der Waals surface area contributed by atoms with Crippen LogP contribution in [0.5, 0.6) is 0 Å². The number of nitrogens with one attached hydrogen (secondary N) is 2. The Labute approximate surface area is 152 Å². The van der Waals surface area contributed by atoms with E-state index in [1.165, 1.54) is 12.5 Å². The van der Waals surface area contributed by atoms with E-state index in [2.05, 4.69) is 26.0 Å². The lowest BCUT2D eigenvalue weighted by Gasteiger charge is -2.08. The quantitative estimate of drug-likeness (QED) is 0.535. The molecule has 0 bridgehead atoms. The Morgan fingerprint density at radius 1 is 1.11 bits per heavy atom. The van der Waals surface area contributed by atoms with E-state index in [-0.39, 0.29) is 11.3 Å². The van der Waals surface area contributed by atoms with Crippen molar-refractivity contribution in [2.45, 2.75) is 6.92 Å². The Kier molecular flexibility index (Phi) is 4.09. The third-order valence-electron chi connectivity index (χ3n) is 3.85. The Bertz CT molecular complexity index is 1120. The summed E-state index contributed by atoms with van der Waals surface area (Å²) in [6.45, 7) is 1.70. The molecular weight excluding hydrogens is 350 g/mol. The zero-order valence-corrected chi connectivity index (χ0v) is 14.1. The summed E-state index contributed by atoms with van der Waals surface area (Å²) in [5.41, 5.74) is 6.42. The number of rotatable bonds is 3. The molecule has 27 heavy (non-hydrogen) atoms. The Balaban J connectivity index is 1.64. The number of nitrogens with zero attached hydrogens (tertiary/aromatic N) is 3. The van der Waals surface area contributed by atoms with Crippen molar-refractivity contribution in [1.29, 1.82) is 0 Å². The van der Waals surface area contributed by atoms with Gasteiger partial charge in [-0.1, -0.05) is 5.16 Å². The monoisotopic (exact) mass is 363 g/mol. The molecule has 0 atom stereocenters. The summed E-state index contributed by atoms with van der Waals surface area (Å²) in [5.74, 6) is -0.562. The van der Waals surface area contributed by atoms with Gasteiger partial charge in [0.25, 0.3) is 17.5 Å². The van der Waals surface area contributed by atoms with Crippen molar-refractivity contribution in [3.05, 3.63) is 65.8 Å².